The Bertz CT molecular complexity index is 4000. The second-order valence-electron chi connectivity index (χ2n) is 22.4. The maximum Gasteiger partial charge on any atom is 0.249 e. The first-order valence-corrected chi connectivity index (χ1v) is 28.6. The van der Waals surface area contributed by atoms with Gasteiger partial charge in [-0.2, -0.15) is 0 Å². The van der Waals surface area contributed by atoms with Crippen LogP contribution < -0.4 is 42.0 Å². The average Bonchev–Trinajstić information content (AvgIpc) is 3.93. The normalized spacial score (nSPS) is 14.2. The van der Waals surface area contributed by atoms with E-state index < -0.39 is 8.07 Å². The van der Waals surface area contributed by atoms with Crippen LogP contribution in [0.4, 0.5) is 17.1 Å². The minimum Gasteiger partial charge on any atom is -0.456 e. The molecular weight excluding hydrogens is 918 g/mol. The number of rotatable bonds is 5. The maximum atomic E-state index is 6.40. The van der Waals surface area contributed by atoms with Gasteiger partial charge in [-0.3, -0.25) is 0 Å². The molecule has 3 aliphatic rings. The molecule has 350 valence electrons. The lowest BCUT2D eigenvalue weighted by Gasteiger charge is -2.42. The van der Waals surface area contributed by atoms with Gasteiger partial charge in [0.05, 0.1) is 5.69 Å². The van der Waals surface area contributed by atoms with Crippen molar-refractivity contribution < 1.29 is 4.42 Å². The third-order valence-corrected chi connectivity index (χ3v) is 22.1. The summed E-state index contributed by atoms with van der Waals surface area (Å²) in [5.74, 6) is 0. The Morgan fingerprint density at radius 3 is 1.79 bits per heavy atom. The van der Waals surface area contributed by atoms with Crippen LogP contribution in [0.3, 0.4) is 0 Å². The second kappa shape index (κ2) is 16.2. The van der Waals surface area contributed by atoms with Gasteiger partial charge in [0.15, 0.2) is 8.07 Å². The molecule has 0 unspecified atom stereocenters. The highest BCUT2D eigenvalue weighted by Gasteiger charge is 2.51. The van der Waals surface area contributed by atoms with Gasteiger partial charge in [-0.05, 0) is 136 Å². The van der Waals surface area contributed by atoms with Gasteiger partial charge >= 0.3 is 0 Å². The molecule has 0 fully saturated rings. The maximum absolute atomic E-state index is 6.40. The van der Waals surface area contributed by atoms with E-state index in [-0.39, 0.29) is 17.5 Å². The number of fused-ring (bicyclic) bond motifs is 10. The summed E-state index contributed by atoms with van der Waals surface area (Å²) in [6, 6.07) is 83.5. The third kappa shape index (κ3) is 6.71. The van der Waals surface area contributed by atoms with Crippen LogP contribution >= 0.6 is 11.8 Å². The van der Waals surface area contributed by atoms with Crippen LogP contribution in [-0.2, 0) is 10.8 Å². The first-order chi connectivity index (χ1) is 35.4. The number of para-hydroxylation sites is 1. The van der Waals surface area contributed by atoms with E-state index in [4.69, 9.17) is 4.42 Å². The van der Waals surface area contributed by atoms with Crippen molar-refractivity contribution in [1.29, 1.82) is 0 Å². The van der Waals surface area contributed by atoms with Crippen molar-refractivity contribution in [2.45, 2.75) is 62.2 Å². The van der Waals surface area contributed by atoms with Crippen LogP contribution in [-0.4, -0.2) is 14.8 Å². The molecule has 73 heavy (non-hydrogen) atoms. The smallest absolute Gasteiger partial charge is 0.249 e. The fourth-order valence-corrected chi connectivity index (χ4v) is 18.9. The Hall–Kier alpha value is -7.57. The van der Waals surface area contributed by atoms with Crippen LogP contribution in [0.5, 0.6) is 0 Å². The van der Waals surface area contributed by atoms with E-state index in [9.17, 15) is 0 Å². The molecule has 4 heterocycles. The summed E-state index contributed by atoms with van der Waals surface area (Å²) in [6.45, 7) is 14.0. The van der Waals surface area contributed by atoms with Gasteiger partial charge in [0.1, 0.15) is 11.2 Å². The van der Waals surface area contributed by atoms with Gasteiger partial charge in [0.2, 0.25) is 6.71 Å². The molecule has 0 N–H and O–H groups in total. The van der Waals surface area contributed by atoms with E-state index >= 15 is 0 Å². The highest BCUT2D eigenvalue weighted by molar-refractivity contribution is 8.00. The average molecular weight is 972 g/mol. The van der Waals surface area contributed by atoms with Crippen LogP contribution in [0, 0.1) is 0 Å². The summed E-state index contributed by atoms with van der Waals surface area (Å²) in [5.41, 5.74) is 19.6. The SMILES string of the molecule is CC(C)(C)c1ccc2c(c1)B1c3cc4c(cc3N(c3ccc(C(C)(C)C)cc3-c3ccccc3)c3cc(-c5ccc6oc7ccccc7c6c5)cc(c31)S2)-c1ccccc1[Si]4(c1ccccc1)c1ccccc1. The predicted octanol–water partition coefficient (Wildman–Crippen LogP) is 13.6. The summed E-state index contributed by atoms with van der Waals surface area (Å²) in [5, 5.41) is 8.01. The van der Waals surface area contributed by atoms with E-state index in [2.05, 4.69) is 265 Å². The van der Waals surface area contributed by atoms with E-state index in [1.807, 2.05) is 11.8 Å². The first kappa shape index (κ1) is 44.2. The zero-order valence-electron chi connectivity index (χ0n) is 42.1. The molecule has 0 bridgehead atoms. The number of furan rings is 1. The standard InChI is InChI=1S/C68H54BNOSSi/c1-67(2,3)46-31-33-57(52(39-46)43-20-10-7-11-21-43)70-58-41-54-51-27-17-19-29-64(51)73(48-22-12-8-13-23-48,49-24-14-9-15-25-49)65(54)42-55(58)69-56-40-47(68(4,5)6)32-35-62(56)72-63-38-45(37-59(70)66(63)69)44-30-34-61-53(36-44)50-26-16-18-28-60(50)71-61/h7-42H,1-6H3. The van der Waals surface area contributed by atoms with E-state index in [0.29, 0.717) is 0 Å². The molecule has 11 aromatic rings. The van der Waals surface area contributed by atoms with Gasteiger partial charge < -0.3 is 9.32 Å². The summed E-state index contributed by atoms with van der Waals surface area (Å²) in [7, 11) is -2.86. The van der Waals surface area contributed by atoms with Crippen molar-refractivity contribution in [3.63, 3.8) is 0 Å². The summed E-state index contributed by atoms with van der Waals surface area (Å²) >= 11 is 1.94. The molecular formula is C68H54BNOSSi. The molecule has 3 aliphatic heterocycles. The van der Waals surface area contributed by atoms with Crippen LogP contribution in [0.1, 0.15) is 52.7 Å². The molecule has 0 radical (unpaired) electrons. The Balaban J connectivity index is 1.13. The Morgan fingerprint density at radius 2 is 1.05 bits per heavy atom. The van der Waals surface area contributed by atoms with Crippen LogP contribution in [0.25, 0.3) is 55.3 Å². The highest BCUT2D eigenvalue weighted by Crippen LogP contribution is 2.49. The monoisotopic (exact) mass is 971 g/mol. The van der Waals surface area contributed by atoms with Crippen molar-refractivity contribution in [2.75, 3.05) is 4.90 Å². The molecule has 14 rings (SSSR count). The fraction of sp³-hybridized carbons (Fsp3) is 0.118. The summed E-state index contributed by atoms with van der Waals surface area (Å²) < 4.78 is 6.40. The summed E-state index contributed by atoms with van der Waals surface area (Å²) in [6.07, 6.45) is 0. The molecule has 0 spiro atoms. The zero-order chi connectivity index (χ0) is 49.4. The van der Waals surface area contributed by atoms with E-state index in [1.165, 1.54) is 108 Å². The van der Waals surface area contributed by atoms with Gasteiger partial charge in [-0.1, -0.05) is 223 Å². The largest absolute Gasteiger partial charge is 0.456 e. The Morgan fingerprint density at radius 1 is 0.411 bits per heavy atom. The number of hydrogen-bond donors (Lipinski definition) is 0. The minimum absolute atomic E-state index is 0.0227. The lowest BCUT2D eigenvalue weighted by atomic mass is 9.34. The molecule has 0 atom stereocenters. The molecule has 10 aromatic carbocycles. The Labute approximate surface area is 434 Å². The lowest BCUT2D eigenvalue weighted by molar-refractivity contribution is 0.590. The highest BCUT2D eigenvalue weighted by atomic mass is 32.2. The number of anilines is 3. The molecule has 5 heteroatoms. The van der Waals surface area contributed by atoms with E-state index in [0.717, 1.165) is 21.9 Å². The quantitative estimate of drug-likeness (QED) is 0.160. The second-order valence-corrected chi connectivity index (χ2v) is 27.2. The van der Waals surface area contributed by atoms with Crippen molar-refractivity contribution in [3.8, 4) is 33.4 Å². The third-order valence-electron chi connectivity index (χ3n) is 16.1. The molecule has 0 amide bonds. The molecule has 0 aliphatic carbocycles. The van der Waals surface area contributed by atoms with Gasteiger partial charge in [0, 0.05) is 37.5 Å². The lowest BCUT2D eigenvalue weighted by Crippen LogP contribution is -2.73. The number of nitrogens with zero attached hydrogens (tertiary/aromatic N) is 1. The van der Waals surface area contributed by atoms with Crippen LogP contribution in [0.15, 0.2) is 233 Å². The van der Waals surface area contributed by atoms with Crippen molar-refractivity contribution in [1.82, 2.24) is 0 Å². The number of hydrogen-bond acceptors (Lipinski definition) is 3. The van der Waals surface area contributed by atoms with Gasteiger partial charge in [0.25, 0.3) is 0 Å². The van der Waals surface area contributed by atoms with Crippen molar-refractivity contribution in [3.05, 3.63) is 230 Å². The van der Waals surface area contributed by atoms with Crippen LogP contribution in [0.2, 0.25) is 0 Å². The topological polar surface area (TPSA) is 16.4 Å². The molecule has 0 saturated carbocycles. The van der Waals surface area contributed by atoms with E-state index in [1.54, 1.807) is 0 Å². The van der Waals surface area contributed by atoms with Gasteiger partial charge in [-0.15, -0.1) is 0 Å². The fourth-order valence-electron chi connectivity index (χ4n) is 12.5. The number of benzene rings is 10. The van der Waals surface area contributed by atoms with Crippen molar-refractivity contribution >= 4 is 103 Å². The predicted molar refractivity (Wildman–Crippen MR) is 315 cm³/mol. The van der Waals surface area contributed by atoms with Gasteiger partial charge in [-0.25, -0.2) is 0 Å². The first-order valence-electron chi connectivity index (χ1n) is 25.8. The minimum atomic E-state index is -2.86. The summed E-state index contributed by atoms with van der Waals surface area (Å²) in [4.78, 5) is 5.29. The zero-order valence-corrected chi connectivity index (χ0v) is 43.9. The molecule has 2 nitrogen and oxygen atoms in total. The molecule has 1 aromatic heterocycles. The van der Waals surface area contributed by atoms with Crippen molar-refractivity contribution in [2.24, 2.45) is 0 Å². The Kier molecular flexibility index (Phi) is 9.81. The molecule has 0 saturated heterocycles.